The first kappa shape index (κ1) is 11.7. The first-order chi connectivity index (χ1) is 9.27. The first-order valence-corrected chi connectivity index (χ1v) is 6.48. The minimum absolute atomic E-state index is 1.19. The second-order valence-electron chi connectivity index (χ2n) is 4.70. The summed E-state index contributed by atoms with van der Waals surface area (Å²) in [6, 6.07) is 20.9. The van der Waals surface area contributed by atoms with Crippen molar-refractivity contribution in [3.63, 3.8) is 0 Å². The molecule has 0 unspecified atom stereocenters. The van der Waals surface area contributed by atoms with E-state index in [2.05, 4.69) is 77.8 Å². The molecule has 0 radical (unpaired) electrons. The topological polar surface area (TPSA) is 8.81 Å². The van der Waals surface area contributed by atoms with Crippen molar-refractivity contribution in [2.24, 2.45) is 0 Å². The van der Waals surface area contributed by atoms with E-state index in [1.165, 1.54) is 22.8 Å². The molecule has 0 bridgehead atoms. The molecule has 0 aliphatic carbocycles. The minimum atomic E-state index is 1.19. The van der Waals surface area contributed by atoms with Gasteiger partial charge in [0, 0.05) is 13.8 Å². The molecule has 3 rings (SSSR count). The van der Waals surface area contributed by atoms with Crippen molar-refractivity contribution in [2.75, 3.05) is 0 Å². The van der Waals surface area contributed by atoms with Crippen molar-refractivity contribution in [3.8, 4) is 11.4 Å². The molecule has 0 saturated heterocycles. The van der Waals surface area contributed by atoms with Gasteiger partial charge in [-0.05, 0) is 24.3 Å². The highest BCUT2D eigenvalue weighted by molar-refractivity contribution is 5.34. The highest BCUT2D eigenvalue weighted by atomic mass is 15.1. The third kappa shape index (κ3) is 2.06. The second-order valence-corrected chi connectivity index (χ2v) is 4.70. The lowest BCUT2D eigenvalue weighted by Crippen LogP contribution is -2.31. The van der Waals surface area contributed by atoms with Crippen molar-refractivity contribution >= 4 is 0 Å². The van der Waals surface area contributed by atoms with E-state index in [9.17, 15) is 0 Å². The average molecular weight is 249 g/mol. The maximum absolute atomic E-state index is 2.22. The summed E-state index contributed by atoms with van der Waals surface area (Å²) < 4.78 is 4.45. The van der Waals surface area contributed by atoms with Gasteiger partial charge in [0.25, 0.3) is 6.33 Å². The summed E-state index contributed by atoms with van der Waals surface area (Å²) in [6.07, 6.45) is 2.15. The van der Waals surface area contributed by atoms with Crippen LogP contribution in [0.3, 0.4) is 0 Å². The van der Waals surface area contributed by atoms with Crippen LogP contribution in [-0.2, 0) is 0 Å². The third-order valence-electron chi connectivity index (χ3n) is 3.55. The van der Waals surface area contributed by atoms with Crippen molar-refractivity contribution in [1.29, 1.82) is 0 Å². The fourth-order valence-electron chi connectivity index (χ4n) is 2.34. The summed E-state index contributed by atoms with van der Waals surface area (Å²) in [5.74, 6) is 0. The Morgan fingerprint density at radius 2 is 1.37 bits per heavy atom. The van der Waals surface area contributed by atoms with Gasteiger partial charge in [0.1, 0.15) is 22.8 Å². The summed E-state index contributed by atoms with van der Waals surface area (Å²) in [6.45, 7) is 4.31. The van der Waals surface area contributed by atoms with Gasteiger partial charge in [-0.15, -0.1) is 0 Å². The highest BCUT2D eigenvalue weighted by Gasteiger charge is 2.18. The van der Waals surface area contributed by atoms with E-state index >= 15 is 0 Å². The van der Waals surface area contributed by atoms with Gasteiger partial charge in [-0.25, -0.2) is 0 Å². The lowest BCUT2D eigenvalue weighted by atomic mass is 10.3. The molecule has 1 aromatic heterocycles. The van der Waals surface area contributed by atoms with Gasteiger partial charge in [-0.2, -0.15) is 9.13 Å². The van der Waals surface area contributed by atoms with Crippen LogP contribution in [0.25, 0.3) is 11.4 Å². The van der Waals surface area contributed by atoms with Crippen LogP contribution in [-0.4, -0.2) is 4.57 Å². The van der Waals surface area contributed by atoms with Crippen LogP contribution >= 0.6 is 0 Å². The van der Waals surface area contributed by atoms with Crippen LogP contribution in [0.1, 0.15) is 11.4 Å². The van der Waals surface area contributed by atoms with E-state index in [1.807, 2.05) is 12.1 Å². The Morgan fingerprint density at radius 3 is 2.00 bits per heavy atom. The second kappa shape index (κ2) is 4.73. The molecule has 1 heterocycles. The lowest BCUT2D eigenvalue weighted by molar-refractivity contribution is -0.601. The molecular weight excluding hydrogens is 232 g/mol. The van der Waals surface area contributed by atoms with Crippen molar-refractivity contribution in [2.45, 2.75) is 13.8 Å². The minimum Gasteiger partial charge on any atom is -0.199 e. The number of imidazole rings is 1. The summed E-state index contributed by atoms with van der Waals surface area (Å²) in [5, 5.41) is 0. The van der Waals surface area contributed by atoms with Gasteiger partial charge < -0.3 is 0 Å². The first-order valence-electron chi connectivity index (χ1n) is 6.48. The van der Waals surface area contributed by atoms with Crippen LogP contribution in [0.15, 0.2) is 67.0 Å². The van der Waals surface area contributed by atoms with E-state index in [0.717, 1.165) is 0 Å². The smallest absolute Gasteiger partial charge is 0.199 e. The Kier molecular flexibility index (Phi) is 2.92. The largest absolute Gasteiger partial charge is 0.254 e. The molecule has 0 amide bonds. The third-order valence-corrected chi connectivity index (χ3v) is 3.55. The summed E-state index contributed by atoms with van der Waals surface area (Å²) >= 11 is 0. The Bertz CT molecular complexity index is 622. The van der Waals surface area contributed by atoms with E-state index in [4.69, 9.17) is 0 Å². The number of hydrogen-bond acceptors (Lipinski definition) is 0. The van der Waals surface area contributed by atoms with Gasteiger partial charge in [-0.1, -0.05) is 36.4 Å². The zero-order valence-corrected chi connectivity index (χ0v) is 11.2. The number of benzene rings is 2. The molecule has 0 aliphatic heterocycles. The Balaban J connectivity index is 2.16. The monoisotopic (exact) mass is 249 g/mol. The number of rotatable bonds is 2. The molecule has 19 heavy (non-hydrogen) atoms. The number of nitrogens with zero attached hydrogens (tertiary/aromatic N) is 2. The fourth-order valence-corrected chi connectivity index (χ4v) is 2.34. The molecule has 0 spiro atoms. The molecule has 2 nitrogen and oxygen atoms in total. The number of aromatic nitrogens is 2. The van der Waals surface area contributed by atoms with E-state index in [1.54, 1.807) is 0 Å². The number of para-hydroxylation sites is 2. The van der Waals surface area contributed by atoms with Crippen LogP contribution in [0.2, 0.25) is 0 Å². The molecule has 94 valence electrons. The van der Waals surface area contributed by atoms with E-state index in [-0.39, 0.29) is 0 Å². The molecule has 0 saturated carbocycles. The Morgan fingerprint density at radius 1 is 0.789 bits per heavy atom. The molecule has 2 heteroatoms. The van der Waals surface area contributed by atoms with Crippen LogP contribution in [0, 0.1) is 13.8 Å². The Hall–Kier alpha value is -2.35. The molecule has 0 fully saturated rings. The van der Waals surface area contributed by atoms with Crippen LogP contribution in [0.4, 0.5) is 0 Å². The molecule has 0 N–H and O–H groups in total. The van der Waals surface area contributed by atoms with Crippen molar-refractivity contribution in [1.82, 2.24) is 4.57 Å². The zero-order chi connectivity index (χ0) is 13.2. The van der Waals surface area contributed by atoms with Gasteiger partial charge in [0.15, 0.2) is 0 Å². The standard InChI is InChI=1S/C17H17N2/c1-14-15(2)19(17-11-7-4-8-12-17)13-18(14)16-9-5-3-6-10-16/h3-13H,1-2H3/q+1. The van der Waals surface area contributed by atoms with Gasteiger partial charge >= 0.3 is 0 Å². The molecule has 0 atom stereocenters. The zero-order valence-electron chi connectivity index (χ0n) is 11.2. The van der Waals surface area contributed by atoms with E-state index < -0.39 is 0 Å². The van der Waals surface area contributed by atoms with Crippen LogP contribution < -0.4 is 4.57 Å². The lowest BCUT2D eigenvalue weighted by Gasteiger charge is -1.96. The average Bonchev–Trinajstić information content (AvgIpc) is 2.77. The van der Waals surface area contributed by atoms with Crippen LogP contribution in [0.5, 0.6) is 0 Å². The summed E-state index contributed by atoms with van der Waals surface area (Å²) in [5.41, 5.74) is 4.90. The quantitative estimate of drug-likeness (QED) is 0.616. The summed E-state index contributed by atoms with van der Waals surface area (Å²) in [4.78, 5) is 0. The SMILES string of the molecule is Cc1c(C)[n+](-c2ccccc2)cn1-c1ccccc1. The molecular formula is C17H17N2+. The maximum Gasteiger partial charge on any atom is 0.254 e. The van der Waals surface area contributed by atoms with E-state index in [0.29, 0.717) is 0 Å². The van der Waals surface area contributed by atoms with Crippen molar-refractivity contribution in [3.05, 3.63) is 78.4 Å². The van der Waals surface area contributed by atoms with Gasteiger partial charge in [0.05, 0.1) is 0 Å². The normalized spacial score (nSPS) is 10.6. The molecule has 0 aliphatic rings. The maximum atomic E-state index is 2.22. The Labute approximate surface area is 113 Å². The molecule has 2 aromatic carbocycles. The predicted molar refractivity (Wildman–Crippen MR) is 76.8 cm³/mol. The summed E-state index contributed by atoms with van der Waals surface area (Å²) in [7, 11) is 0. The highest BCUT2D eigenvalue weighted by Crippen LogP contribution is 2.13. The van der Waals surface area contributed by atoms with Gasteiger partial charge in [0.2, 0.25) is 0 Å². The predicted octanol–water partition coefficient (Wildman–Crippen LogP) is 3.37. The fraction of sp³-hybridized carbons (Fsp3) is 0.118. The molecule has 3 aromatic rings. The van der Waals surface area contributed by atoms with Crippen molar-refractivity contribution < 1.29 is 4.57 Å². The number of hydrogen-bond donors (Lipinski definition) is 0. The van der Waals surface area contributed by atoms with Gasteiger partial charge in [-0.3, -0.25) is 0 Å².